The SMILES string of the molecule is COc1cccc(/C=C2/SC(=S)N(n3c(C)ccc3C)C2=O)c1OCC(=O)O. The molecule has 1 saturated heterocycles. The molecule has 0 bridgehead atoms. The van der Waals surface area contributed by atoms with Crippen LogP contribution < -0.4 is 14.5 Å². The Kier molecular flexibility index (Phi) is 5.76. The first kappa shape index (κ1) is 20.0. The highest BCUT2D eigenvalue weighted by Gasteiger charge is 2.35. The van der Waals surface area contributed by atoms with Crippen LogP contribution in [0.3, 0.4) is 0 Å². The number of thiocarbonyl (C=S) groups is 1. The zero-order valence-corrected chi connectivity index (χ0v) is 17.1. The van der Waals surface area contributed by atoms with Crippen molar-refractivity contribution in [3.05, 3.63) is 52.2 Å². The number of para-hydroxylation sites is 1. The minimum atomic E-state index is -1.11. The van der Waals surface area contributed by atoms with Gasteiger partial charge in [0, 0.05) is 17.0 Å². The molecule has 0 aliphatic carbocycles. The first-order chi connectivity index (χ1) is 13.3. The maximum absolute atomic E-state index is 13.0. The third kappa shape index (κ3) is 3.76. The van der Waals surface area contributed by atoms with Gasteiger partial charge in [0.1, 0.15) is 0 Å². The van der Waals surface area contributed by atoms with E-state index in [1.54, 1.807) is 29.0 Å². The maximum Gasteiger partial charge on any atom is 0.341 e. The van der Waals surface area contributed by atoms with Gasteiger partial charge in [-0.25, -0.2) is 4.79 Å². The van der Waals surface area contributed by atoms with Gasteiger partial charge in [-0.05, 0) is 50.3 Å². The lowest BCUT2D eigenvalue weighted by Crippen LogP contribution is -2.39. The van der Waals surface area contributed by atoms with Crippen molar-refractivity contribution >= 4 is 46.3 Å². The number of carboxylic acid groups (broad SMARTS) is 1. The van der Waals surface area contributed by atoms with Gasteiger partial charge < -0.3 is 14.6 Å². The summed E-state index contributed by atoms with van der Waals surface area (Å²) in [6.07, 6.45) is 1.63. The molecule has 7 nitrogen and oxygen atoms in total. The number of aliphatic carboxylic acids is 1. The molecule has 146 valence electrons. The van der Waals surface area contributed by atoms with Gasteiger partial charge in [0.25, 0.3) is 5.91 Å². The minimum Gasteiger partial charge on any atom is -0.493 e. The number of thioether (sulfide) groups is 1. The monoisotopic (exact) mass is 418 g/mol. The Morgan fingerprint density at radius 2 is 1.93 bits per heavy atom. The molecule has 0 atom stereocenters. The van der Waals surface area contributed by atoms with Crippen LogP contribution in [-0.2, 0) is 9.59 Å². The molecule has 3 rings (SSSR count). The number of nitrogens with zero attached hydrogens (tertiary/aromatic N) is 2. The number of carboxylic acids is 1. The standard InChI is InChI=1S/C19H18N2O5S2/c1-11-7-8-12(2)20(11)21-18(24)15(28-19(21)27)9-13-5-4-6-14(25-3)17(13)26-10-16(22)23/h4-9H,10H2,1-3H3,(H,22,23)/b15-9+. The lowest BCUT2D eigenvalue weighted by Gasteiger charge is -2.20. The van der Waals surface area contributed by atoms with E-state index in [-0.39, 0.29) is 11.7 Å². The predicted octanol–water partition coefficient (Wildman–Crippen LogP) is 3.11. The van der Waals surface area contributed by atoms with Crippen LogP contribution in [0.1, 0.15) is 17.0 Å². The second-order valence-electron chi connectivity index (χ2n) is 5.98. The van der Waals surface area contributed by atoms with E-state index in [1.807, 2.05) is 26.0 Å². The molecule has 28 heavy (non-hydrogen) atoms. The van der Waals surface area contributed by atoms with Gasteiger partial charge >= 0.3 is 5.97 Å². The second kappa shape index (κ2) is 8.07. The number of ether oxygens (including phenoxy) is 2. The highest BCUT2D eigenvalue weighted by molar-refractivity contribution is 8.27. The van der Waals surface area contributed by atoms with Crippen LogP contribution in [0.5, 0.6) is 11.5 Å². The van der Waals surface area contributed by atoms with Gasteiger partial charge in [-0.1, -0.05) is 23.9 Å². The molecule has 0 unspecified atom stereocenters. The van der Waals surface area contributed by atoms with Crippen molar-refractivity contribution in [2.45, 2.75) is 13.8 Å². The summed E-state index contributed by atoms with van der Waals surface area (Å²) >= 11 is 6.59. The molecule has 2 aromatic rings. The minimum absolute atomic E-state index is 0.256. The Morgan fingerprint density at radius 1 is 1.25 bits per heavy atom. The van der Waals surface area contributed by atoms with E-state index in [9.17, 15) is 9.59 Å². The molecule has 1 amide bonds. The summed E-state index contributed by atoms with van der Waals surface area (Å²) in [6, 6.07) is 8.94. The molecule has 1 aromatic heterocycles. The molecular weight excluding hydrogens is 400 g/mol. The van der Waals surface area contributed by atoms with E-state index in [0.29, 0.717) is 20.5 Å². The predicted molar refractivity (Wildman–Crippen MR) is 111 cm³/mol. The largest absolute Gasteiger partial charge is 0.493 e. The fourth-order valence-corrected chi connectivity index (χ4v) is 4.08. The third-order valence-corrected chi connectivity index (χ3v) is 5.35. The Bertz CT molecular complexity index is 977. The van der Waals surface area contributed by atoms with Crippen LogP contribution in [0.2, 0.25) is 0 Å². The van der Waals surface area contributed by atoms with Gasteiger partial charge in [-0.2, -0.15) is 5.01 Å². The van der Waals surface area contributed by atoms with E-state index in [4.69, 9.17) is 26.8 Å². The van der Waals surface area contributed by atoms with Gasteiger partial charge in [0.15, 0.2) is 22.4 Å². The van der Waals surface area contributed by atoms with E-state index >= 15 is 0 Å². The summed E-state index contributed by atoms with van der Waals surface area (Å²) in [5.41, 5.74) is 2.31. The van der Waals surface area contributed by atoms with Crippen LogP contribution in [0, 0.1) is 13.8 Å². The Hall–Kier alpha value is -2.78. The maximum atomic E-state index is 13.0. The second-order valence-corrected chi connectivity index (χ2v) is 7.66. The zero-order valence-electron chi connectivity index (χ0n) is 15.5. The molecule has 1 aromatic carbocycles. The van der Waals surface area contributed by atoms with Crippen molar-refractivity contribution in [1.82, 2.24) is 4.68 Å². The zero-order chi connectivity index (χ0) is 20.4. The number of hydrogen-bond acceptors (Lipinski definition) is 6. The number of aromatic nitrogens is 1. The lowest BCUT2D eigenvalue weighted by atomic mass is 10.1. The van der Waals surface area contributed by atoms with Gasteiger partial charge in [-0.15, -0.1) is 0 Å². The fraction of sp³-hybridized carbons (Fsp3) is 0.211. The smallest absolute Gasteiger partial charge is 0.341 e. The average Bonchev–Trinajstić information content (AvgIpc) is 3.11. The van der Waals surface area contributed by atoms with Gasteiger partial charge in [0.05, 0.1) is 12.0 Å². The number of carbonyl (C=O) groups excluding carboxylic acids is 1. The number of benzene rings is 1. The Labute approximate surface area is 171 Å². The molecule has 0 radical (unpaired) electrons. The summed E-state index contributed by atoms with van der Waals surface area (Å²) in [5, 5.41) is 10.4. The quantitative estimate of drug-likeness (QED) is 0.570. The number of carbonyl (C=O) groups is 2. The van der Waals surface area contributed by atoms with Gasteiger partial charge in [0.2, 0.25) is 0 Å². The molecule has 1 aliphatic heterocycles. The molecule has 9 heteroatoms. The van der Waals surface area contributed by atoms with Crippen LogP contribution in [0.25, 0.3) is 6.08 Å². The first-order valence-corrected chi connectivity index (χ1v) is 9.50. The van der Waals surface area contributed by atoms with Crippen LogP contribution in [0.15, 0.2) is 35.2 Å². The van der Waals surface area contributed by atoms with Crippen LogP contribution in [0.4, 0.5) is 0 Å². The summed E-state index contributed by atoms with van der Waals surface area (Å²) in [6.45, 7) is 3.27. The molecule has 0 spiro atoms. The van der Waals surface area contributed by atoms with E-state index in [0.717, 1.165) is 11.4 Å². The lowest BCUT2D eigenvalue weighted by molar-refractivity contribution is -0.139. The van der Waals surface area contributed by atoms with Crippen molar-refractivity contribution in [3.63, 3.8) is 0 Å². The summed E-state index contributed by atoms with van der Waals surface area (Å²) < 4.78 is 12.8. The molecule has 2 heterocycles. The highest BCUT2D eigenvalue weighted by atomic mass is 32.2. The van der Waals surface area contributed by atoms with Crippen molar-refractivity contribution in [1.29, 1.82) is 0 Å². The molecular formula is C19H18N2O5S2. The summed E-state index contributed by atoms with van der Waals surface area (Å²) in [7, 11) is 1.46. The third-order valence-electron chi connectivity index (χ3n) is 4.06. The van der Waals surface area contributed by atoms with E-state index in [2.05, 4.69) is 0 Å². The van der Waals surface area contributed by atoms with Crippen molar-refractivity contribution < 1.29 is 24.2 Å². The van der Waals surface area contributed by atoms with Crippen molar-refractivity contribution in [3.8, 4) is 11.5 Å². The molecule has 1 fully saturated rings. The molecule has 1 aliphatic rings. The number of methoxy groups -OCH3 is 1. The molecule has 0 saturated carbocycles. The normalized spacial score (nSPS) is 15.4. The van der Waals surface area contributed by atoms with Crippen molar-refractivity contribution in [2.75, 3.05) is 18.7 Å². The highest BCUT2D eigenvalue weighted by Crippen LogP contribution is 2.37. The molecule has 1 N–H and O–H groups in total. The Balaban J connectivity index is 1.99. The van der Waals surface area contributed by atoms with Crippen LogP contribution >= 0.6 is 24.0 Å². The number of rotatable bonds is 6. The topological polar surface area (TPSA) is 81.0 Å². The fourth-order valence-electron chi connectivity index (χ4n) is 2.84. The number of hydrogen-bond donors (Lipinski definition) is 1. The Morgan fingerprint density at radius 3 is 2.54 bits per heavy atom. The van der Waals surface area contributed by atoms with E-state index in [1.165, 1.54) is 23.9 Å². The number of amides is 1. The van der Waals surface area contributed by atoms with Crippen LogP contribution in [-0.4, -0.2) is 39.7 Å². The summed E-state index contributed by atoms with van der Waals surface area (Å²) in [4.78, 5) is 24.3. The van der Waals surface area contributed by atoms with Crippen molar-refractivity contribution in [2.24, 2.45) is 0 Å². The number of aryl methyl sites for hydroxylation is 2. The van der Waals surface area contributed by atoms with Gasteiger partial charge in [-0.3, -0.25) is 9.47 Å². The summed E-state index contributed by atoms with van der Waals surface area (Å²) in [5.74, 6) is -0.736. The average molecular weight is 418 g/mol. The van der Waals surface area contributed by atoms with E-state index < -0.39 is 12.6 Å². The first-order valence-electron chi connectivity index (χ1n) is 8.28.